The fourth-order valence-corrected chi connectivity index (χ4v) is 2.85. The minimum Gasteiger partial charge on any atom is -0.507 e. The number of benzene rings is 2. The van der Waals surface area contributed by atoms with Crippen LogP contribution in [-0.4, -0.2) is 16.7 Å². The van der Waals surface area contributed by atoms with Gasteiger partial charge in [0.25, 0.3) is 0 Å². The van der Waals surface area contributed by atoms with Gasteiger partial charge in [-0.25, -0.2) is 0 Å². The molecular weight excluding hydrogens is 356 g/mol. The van der Waals surface area contributed by atoms with E-state index >= 15 is 0 Å². The van der Waals surface area contributed by atoms with E-state index in [-0.39, 0.29) is 16.9 Å². The molecular formula is C19H13BrO3. The summed E-state index contributed by atoms with van der Waals surface area (Å²) >= 11 is 3.31. The van der Waals surface area contributed by atoms with E-state index in [0.29, 0.717) is 12.0 Å². The SMILES string of the molecule is O=C1C(=O)c2ccc(Br)cc2C(O)=C1/C=C\Cc1ccccc1. The van der Waals surface area contributed by atoms with E-state index in [0.717, 1.165) is 10.0 Å². The third-order valence-electron chi connectivity index (χ3n) is 3.67. The molecule has 0 heterocycles. The third kappa shape index (κ3) is 3.03. The van der Waals surface area contributed by atoms with Crippen molar-refractivity contribution in [3.8, 4) is 0 Å². The second kappa shape index (κ2) is 6.34. The van der Waals surface area contributed by atoms with Gasteiger partial charge in [-0.3, -0.25) is 9.59 Å². The van der Waals surface area contributed by atoms with Crippen LogP contribution in [0.3, 0.4) is 0 Å². The maximum atomic E-state index is 12.2. The summed E-state index contributed by atoms with van der Waals surface area (Å²) in [6, 6.07) is 14.6. The van der Waals surface area contributed by atoms with Crippen LogP contribution in [0.5, 0.6) is 0 Å². The lowest BCUT2D eigenvalue weighted by Crippen LogP contribution is -2.23. The topological polar surface area (TPSA) is 54.4 Å². The van der Waals surface area contributed by atoms with Gasteiger partial charge in [-0.1, -0.05) is 58.4 Å². The van der Waals surface area contributed by atoms with Crippen LogP contribution >= 0.6 is 15.9 Å². The van der Waals surface area contributed by atoms with Crippen LogP contribution in [0.4, 0.5) is 0 Å². The molecule has 0 unspecified atom stereocenters. The summed E-state index contributed by atoms with van der Waals surface area (Å²) in [6.45, 7) is 0. The Morgan fingerprint density at radius 3 is 2.43 bits per heavy atom. The Morgan fingerprint density at radius 2 is 1.70 bits per heavy atom. The highest BCUT2D eigenvalue weighted by Gasteiger charge is 2.31. The van der Waals surface area contributed by atoms with E-state index in [1.165, 1.54) is 6.08 Å². The molecule has 0 saturated carbocycles. The number of hydrogen-bond donors (Lipinski definition) is 1. The molecule has 0 atom stereocenters. The molecule has 0 radical (unpaired) electrons. The average molecular weight is 369 g/mol. The summed E-state index contributed by atoms with van der Waals surface area (Å²) in [6.07, 6.45) is 3.91. The number of carbonyl (C=O) groups is 2. The Hall–Kier alpha value is -2.46. The van der Waals surface area contributed by atoms with Crippen molar-refractivity contribution in [2.45, 2.75) is 6.42 Å². The molecule has 3 nitrogen and oxygen atoms in total. The highest BCUT2D eigenvalue weighted by Crippen LogP contribution is 2.30. The maximum absolute atomic E-state index is 12.2. The first-order valence-electron chi connectivity index (χ1n) is 7.10. The predicted octanol–water partition coefficient (Wildman–Crippen LogP) is 4.28. The van der Waals surface area contributed by atoms with Gasteiger partial charge >= 0.3 is 0 Å². The second-order valence-corrected chi connectivity index (χ2v) is 6.12. The van der Waals surface area contributed by atoms with Crippen molar-refractivity contribution in [1.82, 2.24) is 0 Å². The Balaban J connectivity index is 1.95. The first kappa shape index (κ1) is 15.4. The van der Waals surface area contributed by atoms with Gasteiger partial charge in [-0.05, 0) is 30.2 Å². The molecule has 3 rings (SSSR count). The molecule has 4 heteroatoms. The number of aliphatic hydroxyl groups excluding tert-OH is 1. The van der Waals surface area contributed by atoms with Gasteiger partial charge in [0.05, 0.1) is 5.57 Å². The number of halogens is 1. The second-order valence-electron chi connectivity index (χ2n) is 5.20. The van der Waals surface area contributed by atoms with Crippen LogP contribution in [0.2, 0.25) is 0 Å². The van der Waals surface area contributed by atoms with Crippen molar-refractivity contribution in [2.75, 3.05) is 0 Å². The lowest BCUT2D eigenvalue weighted by Gasteiger charge is -2.16. The zero-order valence-corrected chi connectivity index (χ0v) is 13.7. The summed E-state index contributed by atoms with van der Waals surface area (Å²) in [7, 11) is 0. The van der Waals surface area contributed by atoms with Crippen LogP contribution in [0, 0.1) is 0 Å². The third-order valence-corrected chi connectivity index (χ3v) is 4.16. The van der Waals surface area contributed by atoms with E-state index in [1.54, 1.807) is 24.3 Å². The number of carbonyl (C=O) groups excluding carboxylic acids is 2. The summed E-state index contributed by atoms with van der Waals surface area (Å²) in [5, 5.41) is 10.4. The van der Waals surface area contributed by atoms with E-state index in [2.05, 4.69) is 15.9 Å². The minimum absolute atomic E-state index is 0.0385. The van der Waals surface area contributed by atoms with Crippen molar-refractivity contribution < 1.29 is 14.7 Å². The Kier molecular flexibility index (Phi) is 4.26. The number of ketones is 2. The number of fused-ring (bicyclic) bond motifs is 1. The van der Waals surface area contributed by atoms with Gasteiger partial charge in [0, 0.05) is 15.6 Å². The molecule has 23 heavy (non-hydrogen) atoms. The van der Waals surface area contributed by atoms with Gasteiger partial charge in [-0.15, -0.1) is 0 Å². The zero-order valence-electron chi connectivity index (χ0n) is 12.1. The van der Waals surface area contributed by atoms with Gasteiger partial charge in [0.1, 0.15) is 5.76 Å². The lowest BCUT2D eigenvalue weighted by molar-refractivity contribution is -0.111. The maximum Gasteiger partial charge on any atom is 0.237 e. The molecule has 1 N–H and O–H groups in total. The van der Waals surface area contributed by atoms with Crippen LogP contribution in [0.1, 0.15) is 21.5 Å². The highest BCUT2D eigenvalue weighted by atomic mass is 79.9. The van der Waals surface area contributed by atoms with E-state index in [1.807, 2.05) is 30.3 Å². The van der Waals surface area contributed by atoms with Crippen molar-refractivity contribution in [3.05, 3.63) is 87.4 Å². The normalized spacial score (nSPS) is 14.5. The fourth-order valence-electron chi connectivity index (χ4n) is 2.49. The molecule has 2 aromatic rings. The lowest BCUT2D eigenvalue weighted by atomic mass is 9.88. The molecule has 2 aromatic carbocycles. The quantitative estimate of drug-likeness (QED) is 0.822. The summed E-state index contributed by atoms with van der Waals surface area (Å²) in [4.78, 5) is 24.4. The summed E-state index contributed by atoms with van der Waals surface area (Å²) in [5.74, 6) is -1.43. The van der Waals surface area contributed by atoms with Gasteiger partial charge < -0.3 is 5.11 Å². The van der Waals surface area contributed by atoms with Crippen molar-refractivity contribution in [3.63, 3.8) is 0 Å². The summed E-state index contributed by atoms with van der Waals surface area (Å²) < 4.78 is 0.734. The average Bonchev–Trinajstić information content (AvgIpc) is 2.57. The van der Waals surface area contributed by atoms with Crippen LogP contribution in [0.15, 0.2) is 70.7 Å². The van der Waals surface area contributed by atoms with E-state index in [9.17, 15) is 14.7 Å². The van der Waals surface area contributed by atoms with Crippen LogP contribution in [0.25, 0.3) is 5.76 Å². The van der Waals surface area contributed by atoms with E-state index < -0.39 is 11.6 Å². The molecule has 0 spiro atoms. The number of aliphatic hydroxyl groups is 1. The molecule has 0 fully saturated rings. The fraction of sp³-hybridized carbons (Fsp3) is 0.0526. The summed E-state index contributed by atoms with van der Waals surface area (Å²) in [5.41, 5.74) is 1.73. The number of rotatable bonds is 3. The molecule has 0 amide bonds. The zero-order chi connectivity index (χ0) is 16.4. The molecule has 1 aliphatic rings. The predicted molar refractivity (Wildman–Crippen MR) is 92.3 cm³/mol. The Labute approximate surface area is 142 Å². The first-order valence-corrected chi connectivity index (χ1v) is 7.90. The number of Topliss-reactive ketones (excluding diaryl/α,β-unsaturated/α-hetero) is 2. The van der Waals surface area contributed by atoms with Crippen LogP contribution < -0.4 is 0 Å². The first-order chi connectivity index (χ1) is 11.1. The monoisotopic (exact) mass is 368 g/mol. The van der Waals surface area contributed by atoms with Gasteiger partial charge in [0.15, 0.2) is 0 Å². The van der Waals surface area contributed by atoms with Crippen molar-refractivity contribution >= 4 is 33.3 Å². The van der Waals surface area contributed by atoms with E-state index in [4.69, 9.17) is 0 Å². The molecule has 0 bridgehead atoms. The number of hydrogen-bond acceptors (Lipinski definition) is 3. The molecule has 1 aliphatic carbocycles. The Bertz CT molecular complexity index is 848. The largest absolute Gasteiger partial charge is 0.507 e. The van der Waals surface area contributed by atoms with Gasteiger partial charge in [0.2, 0.25) is 11.6 Å². The standard InChI is InChI=1S/C19H13BrO3/c20-13-9-10-14-16(11-13)17(21)15(19(23)18(14)22)8-4-7-12-5-2-1-3-6-12/h1-6,8-11,21H,7H2/b8-4-. The molecule has 0 saturated heterocycles. The van der Waals surface area contributed by atoms with Crippen molar-refractivity contribution in [2.24, 2.45) is 0 Å². The smallest absolute Gasteiger partial charge is 0.237 e. The molecule has 0 aromatic heterocycles. The molecule has 114 valence electrons. The highest BCUT2D eigenvalue weighted by molar-refractivity contribution is 9.10. The Morgan fingerprint density at radius 1 is 0.957 bits per heavy atom. The van der Waals surface area contributed by atoms with Crippen molar-refractivity contribution in [1.29, 1.82) is 0 Å². The molecule has 0 aliphatic heterocycles. The minimum atomic E-state index is -0.679. The van der Waals surface area contributed by atoms with Gasteiger partial charge in [-0.2, -0.15) is 0 Å². The number of allylic oxidation sites excluding steroid dienone is 3. The van der Waals surface area contributed by atoms with Crippen LogP contribution in [-0.2, 0) is 11.2 Å².